The van der Waals surface area contributed by atoms with E-state index >= 15 is 0 Å². The van der Waals surface area contributed by atoms with E-state index in [4.69, 9.17) is 17.0 Å². The lowest BCUT2D eigenvalue weighted by molar-refractivity contribution is 0.242. The summed E-state index contributed by atoms with van der Waals surface area (Å²) in [5.41, 5.74) is 3.72. The summed E-state index contributed by atoms with van der Waals surface area (Å²) < 4.78 is 5.55. The van der Waals surface area contributed by atoms with Crippen LogP contribution in [-0.2, 0) is 0 Å². The van der Waals surface area contributed by atoms with Gasteiger partial charge in [-0.2, -0.15) is 5.10 Å². The molecule has 4 nitrogen and oxygen atoms in total. The Morgan fingerprint density at radius 3 is 2.61 bits per heavy atom. The minimum atomic E-state index is 0.184. The van der Waals surface area contributed by atoms with E-state index in [9.17, 15) is 0 Å². The van der Waals surface area contributed by atoms with Crippen molar-refractivity contribution in [3.05, 3.63) is 29.8 Å². The Balaban J connectivity index is 2.48. The van der Waals surface area contributed by atoms with Gasteiger partial charge in [-0.1, -0.05) is 0 Å². The molecular weight excluding hydrogens is 246 g/mol. The van der Waals surface area contributed by atoms with Gasteiger partial charge in [-0.3, -0.25) is 5.43 Å². The molecule has 0 heterocycles. The number of ether oxygens (including phenoxy) is 1. The lowest BCUT2D eigenvalue weighted by Gasteiger charge is -2.09. The molecule has 0 aromatic heterocycles. The van der Waals surface area contributed by atoms with Crippen molar-refractivity contribution in [1.29, 1.82) is 0 Å². The molecule has 0 bridgehead atoms. The van der Waals surface area contributed by atoms with E-state index in [0.29, 0.717) is 5.11 Å². The van der Waals surface area contributed by atoms with Crippen molar-refractivity contribution in [3.63, 3.8) is 0 Å². The number of thiocarbonyl (C=S) groups is 1. The monoisotopic (exact) mass is 265 g/mol. The first-order valence-corrected chi connectivity index (χ1v) is 6.36. The van der Waals surface area contributed by atoms with Gasteiger partial charge in [0, 0.05) is 6.54 Å². The van der Waals surface area contributed by atoms with Crippen LogP contribution < -0.4 is 15.5 Å². The van der Waals surface area contributed by atoms with E-state index in [1.54, 1.807) is 6.21 Å². The second-order valence-electron chi connectivity index (χ2n) is 3.97. The first-order valence-electron chi connectivity index (χ1n) is 5.95. The largest absolute Gasteiger partial charge is 0.491 e. The molecule has 1 aromatic carbocycles. The lowest BCUT2D eigenvalue weighted by Crippen LogP contribution is -2.31. The molecule has 0 spiro atoms. The minimum absolute atomic E-state index is 0.184. The summed E-state index contributed by atoms with van der Waals surface area (Å²) in [7, 11) is 0. The van der Waals surface area contributed by atoms with Gasteiger partial charge >= 0.3 is 0 Å². The van der Waals surface area contributed by atoms with Gasteiger partial charge in [-0.25, -0.2) is 0 Å². The van der Waals surface area contributed by atoms with Crippen LogP contribution in [0.3, 0.4) is 0 Å². The number of hydrogen-bond acceptors (Lipinski definition) is 3. The first kappa shape index (κ1) is 14.4. The van der Waals surface area contributed by atoms with Crippen LogP contribution >= 0.6 is 12.2 Å². The zero-order valence-corrected chi connectivity index (χ0v) is 11.8. The molecule has 1 rings (SSSR count). The quantitative estimate of drug-likeness (QED) is 0.487. The molecule has 0 unspecified atom stereocenters. The molecule has 0 atom stereocenters. The van der Waals surface area contributed by atoms with E-state index in [2.05, 4.69) is 15.8 Å². The molecule has 1 aromatic rings. The predicted molar refractivity (Wildman–Crippen MR) is 79.2 cm³/mol. The molecule has 0 amide bonds. The second kappa shape index (κ2) is 7.66. The van der Waals surface area contributed by atoms with Gasteiger partial charge < -0.3 is 10.1 Å². The fraction of sp³-hybridized carbons (Fsp3) is 0.385. The molecule has 0 aliphatic carbocycles. The van der Waals surface area contributed by atoms with Gasteiger partial charge in [0.05, 0.1) is 12.3 Å². The van der Waals surface area contributed by atoms with E-state index in [1.165, 1.54) is 0 Å². The second-order valence-corrected chi connectivity index (χ2v) is 4.37. The van der Waals surface area contributed by atoms with E-state index in [0.717, 1.165) is 17.9 Å². The molecule has 0 saturated carbocycles. The van der Waals surface area contributed by atoms with Crippen LogP contribution in [0.4, 0.5) is 0 Å². The highest BCUT2D eigenvalue weighted by Crippen LogP contribution is 2.12. The van der Waals surface area contributed by atoms with E-state index < -0.39 is 0 Å². The van der Waals surface area contributed by atoms with Crippen LogP contribution in [0.15, 0.2) is 29.4 Å². The zero-order chi connectivity index (χ0) is 13.4. The number of nitrogens with zero attached hydrogens (tertiary/aromatic N) is 1. The van der Waals surface area contributed by atoms with E-state index in [-0.39, 0.29) is 6.10 Å². The van der Waals surface area contributed by atoms with Crippen molar-refractivity contribution in [3.8, 4) is 5.75 Å². The molecule has 98 valence electrons. The SMILES string of the molecule is CCNC(=S)N/N=C/c1ccc(OC(C)C)cc1. The van der Waals surface area contributed by atoms with E-state index in [1.807, 2.05) is 45.0 Å². The summed E-state index contributed by atoms with van der Waals surface area (Å²) in [5, 5.41) is 7.50. The van der Waals surface area contributed by atoms with Gasteiger partial charge in [-0.15, -0.1) is 0 Å². The maximum absolute atomic E-state index is 5.55. The molecule has 0 aliphatic heterocycles. The predicted octanol–water partition coefficient (Wildman–Crippen LogP) is 2.29. The Morgan fingerprint density at radius 2 is 2.06 bits per heavy atom. The molecule has 5 heteroatoms. The molecule has 18 heavy (non-hydrogen) atoms. The lowest BCUT2D eigenvalue weighted by atomic mass is 10.2. The highest BCUT2D eigenvalue weighted by Gasteiger charge is 1.96. The van der Waals surface area contributed by atoms with Crippen LogP contribution in [0.5, 0.6) is 5.75 Å². The van der Waals surface area contributed by atoms with Gasteiger partial charge in [0.25, 0.3) is 0 Å². The Morgan fingerprint density at radius 1 is 1.39 bits per heavy atom. The van der Waals surface area contributed by atoms with Crippen molar-refractivity contribution in [1.82, 2.24) is 10.7 Å². The average molecular weight is 265 g/mol. The van der Waals surface area contributed by atoms with Crippen molar-refractivity contribution >= 4 is 23.5 Å². The van der Waals surface area contributed by atoms with Gasteiger partial charge in [0.1, 0.15) is 5.75 Å². The summed E-state index contributed by atoms with van der Waals surface area (Å²) in [6, 6.07) is 7.73. The number of nitrogens with one attached hydrogen (secondary N) is 2. The highest BCUT2D eigenvalue weighted by molar-refractivity contribution is 7.80. The minimum Gasteiger partial charge on any atom is -0.491 e. The highest BCUT2D eigenvalue weighted by atomic mass is 32.1. The van der Waals surface area contributed by atoms with Crippen LogP contribution in [0.1, 0.15) is 26.3 Å². The zero-order valence-electron chi connectivity index (χ0n) is 10.9. The third-order valence-corrected chi connectivity index (χ3v) is 2.20. The summed E-state index contributed by atoms with van der Waals surface area (Å²) >= 11 is 4.98. The normalized spacial score (nSPS) is 10.7. The number of hydrazone groups is 1. The van der Waals surface area contributed by atoms with Crippen LogP contribution in [-0.4, -0.2) is 24.0 Å². The Bertz CT molecular complexity index is 401. The fourth-order valence-corrected chi connectivity index (χ4v) is 1.47. The number of hydrogen-bond donors (Lipinski definition) is 2. The van der Waals surface area contributed by atoms with Gasteiger partial charge in [0.2, 0.25) is 0 Å². The summed E-state index contributed by atoms with van der Waals surface area (Å²) in [6.07, 6.45) is 1.90. The van der Waals surface area contributed by atoms with Crippen molar-refractivity contribution in [2.45, 2.75) is 26.9 Å². The third-order valence-electron chi connectivity index (χ3n) is 1.97. The van der Waals surface area contributed by atoms with Gasteiger partial charge in [0.15, 0.2) is 5.11 Å². The molecule has 0 radical (unpaired) electrons. The van der Waals surface area contributed by atoms with Crippen molar-refractivity contribution in [2.24, 2.45) is 5.10 Å². The summed E-state index contributed by atoms with van der Waals surface area (Å²) in [6.45, 7) is 6.76. The van der Waals surface area contributed by atoms with Gasteiger partial charge in [-0.05, 0) is 62.8 Å². The van der Waals surface area contributed by atoms with Crippen LogP contribution in [0.2, 0.25) is 0 Å². The topological polar surface area (TPSA) is 45.7 Å². The van der Waals surface area contributed by atoms with Crippen molar-refractivity contribution < 1.29 is 4.74 Å². The molecule has 0 saturated heterocycles. The molecule has 2 N–H and O–H groups in total. The Labute approximate surface area is 113 Å². The van der Waals surface area contributed by atoms with Crippen LogP contribution in [0, 0.1) is 0 Å². The third kappa shape index (κ3) is 5.63. The first-order chi connectivity index (χ1) is 8.61. The molecule has 0 fully saturated rings. The Hall–Kier alpha value is -1.62. The maximum atomic E-state index is 5.55. The number of rotatable bonds is 5. The van der Waals surface area contributed by atoms with Crippen molar-refractivity contribution in [2.75, 3.05) is 6.54 Å². The number of benzene rings is 1. The van der Waals surface area contributed by atoms with Crippen LogP contribution in [0.25, 0.3) is 0 Å². The average Bonchev–Trinajstić information content (AvgIpc) is 2.31. The Kier molecular flexibility index (Phi) is 6.14. The summed E-state index contributed by atoms with van der Waals surface area (Å²) in [4.78, 5) is 0. The fourth-order valence-electron chi connectivity index (χ4n) is 1.27. The standard InChI is InChI=1S/C13H19N3OS/c1-4-14-13(18)16-15-9-11-5-7-12(8-6-11)17-10(2)3/h5-10H,4H2,1-3H3,(H2,14,16,18)/b15-9+. The smallest absolute Gasteiger partial charge is 0.186 e. The summed E-state index contributed by atoms with van der Waals surface area (Å²) in [5.74, 6) is 0.860. The molecule has 0 aliphatic rings. The maximum Gasteiger partial charge on any atom is 0.186 e. The molecular formula is C13H19N3OS.